The SMILES string of the molecule is CCc1cn2c3c(cc(C(=O)N[C@@H](Cc4ccccc4)[C@@H](CNC(C)(C)CCCC(C)C)OC=O)cc13)N(C)S(=O)(=O)C2. The molecule has 0 saturated carbocycles. The van der Waals surface area contributed by atoms with Gasteiger partial charge in [-0.3, -0.25) is 13.9 Å². The summed E-state index contributed by atoms with van der Waals surface area (Å²) >= 11 is 0. The van der Waals surface area contributed by atoms with Crippen LogP contribution in [-0.2, 0) is 38.3 Å². The van der Waals surface area contributed by atoms with Crippen LogP contribution in [0.3, 0.4) is 0 Å². The summed E-state index contributed by atoms with van der Waals surface area (Å²) in [4.78, 5) is 25.6. The van der Waals surface area contributed by atoms with Crippen molar-refractivity contribution in [2.24, 2.45) is 5.92 Å². The Morgan fingerprint density at radius 1 is 1.16 bits per heavy atom. The maximum absolute atomic E-state index is 13.9. The zero-order chi connectivity index (χ0) is 31.4. The van der Waals surface area contributed by atoms with Gasteiger partial charge in [0.25, 0.3) is 22.4 Å². The molecule has 1 aromatic heterocycles. The molecule has 43 heavy (non-hydrogen) atoms. The predicted molar refractivity (Wildman–Crippen MR) is 172 cm³/mol. The molecule has 2 atom stereocenters. The number of carbonyl (C=O) groups excluding carboxylic acids is 2. The molecule has 1 aliphatic rings. The van der Waals surface area contributed by atoms with E-state index in [1.54, 1.807) is 10.6 Å². The molecule has 2 N–H and O–H groups in total. The highest BCUT2D eigenvalue weighted by atomic mass is 32.2. The van der Waals surface area contributed by atoms with Crippen LogP contribution >= 0.6 is 0 Å². The van der Waals surface area contributed by atoms with Gasteiger partial charge in [0.1, 0.15) is 12.0 Å². The lowest BCUT2D eigenvalue weighted by Crippen LogP contribution is -2.53. The second-order valence-corrected chi connectivity index (χ2v) is 14.6. The lowest BCUT2D eigenvalue weighted by Gasteiger charge is -2.32. The van der Waals surface area contributed by atoms with Gasteiger partial charge in [-0.2, -0.15) is 0 Å². The lowest BCUT2D eigenvalue weighted by atomic mass is 9.93. The number of benzene rings is 2. The number of anilines is 1. The number of nitrogens with one attached hydrogen (secondary N) is 2. The summed E-state index contributed by atoms with van der Waals surface area (Å²) in [5, 5.41) is 7.56. The van der Waals surface area contributed by atoms with Crippen molar-refractivity contribution in [3.63, 3.8) is 0 Å². The molecule has 2 heterocycles. The summed E-state index contributed by atoms with van der Waals surface area (Å²) in [5.41, 5.74) is 3.40. The monoisotopic (exact) mass is 610 g/mol. The molecule has 1 aliphatic heterocycles. The van der Waals surface area contributed by atoms with E-state index < -0.39 is 22.2 Å². The van der Waals surface area contributed by atoms with E-state index >= 15 is 0 Å². The van der Waals surface area contributed by atoms with E-state index in [1.807, 2.05) is 49.5 Å². The molecule has 0 spiro atoms. The van der Waals surface area contributed by atoms with E-state index in [4.69, 9.17) is 4.74 Å². The van der Waals surface area contributed by atoms with Gasteiger partial charge in [0.15, 0.2) is 0 Å². The van der Waals surface area contributed by atoms with Crippen LogP contribution in [0, 0.1) is 5.92 Å². The largest absolute Gasteiger partial charge is 0.461 e. The zero-order valence-corrected chi connectivity index (χ0v) is 27.0. The number of aromatic nitrogens is 1. The quantitative estimate of drug-likeness (QED) is 0.234. The molecule has 3 aromatic rings. The Hall–Kier alpha value is -3.37. The molecule has 9 nitrogen and oxygen atoms in total. The van der Waals surface area contributed by atoms with Crippen LogP contribution in [0.1, 0.15) is 75.4 Å². The number of ether oxygens (including phenoxy) is 1. The van der Waals surface area contributed by atoms with Gasteiger partial charge in [0, 0.05) is 36.3 Å². The Morgan fingerprint density at radius 2 is 1.88 bits per heavy atom. The van der Waals surface area contributed by atoms with Crippen molar-refractivity contribution in [3.8, 4) is 0 Å². The van der Waals surface area contributed by atoms with Crippen LogP contribution in [0.15, 0.2) is 48.7 Å². The van der Waals surface area contributed by atoms with Gasteiger partial charge in [0.05, 0.1) is 17.2 Å². The van der Waals surface area contributed by atoms with Crippen molar-refractivity contribution in [1.82, 2.24) is 15.2 Å². The normalized spacial score (nSPS) is 15.8. The first-order valence-corrected chi connectivity index (χ1v) is 16.8. The van der Waals surface area contributed by atoms with Gasteiger partial charge in [-0.1, -0.05) is 63.9 Å². The highest BCUT2D eigenvalue weighted by molar-refractivity contribution is 7.91. The van der Waals surface area contributed by atoms with Crippen LogP contribution in [-0.4, -0.2) is 56.6 Å². The molecule has 4 rings (SSSR count). The summed E-state index contributed by atoms with van der Waals surface area (Å²) < 4.78 is 34.4. The minimum Gasteiger partial charge on any atom is -0.461 e. The summed E-state index contributed by atoms with van der Waals surface area (Å²) in [7, 11) is -2.06. The third-order valence-electron chi connectivity index (χ3n) is 8.40. The number of carbonyl (C=O) groups is 2. The number of aryl methyl sites for hydroxylation is 1. The van der Waals surface area contributed by atoms with E-state index in [1.165, 1.54) is 11.4 Å². The van der Waals surface area contributed by atoms with E-state index in [9.17, 15) is 18.0 Å². The van der Waals surface area contributed by atoms with Crippen molar-refractivity contribution in [2.45, 2.75) is 90.3 Å². The van der Waals surface area contributed by atoms with E-state index in [0.717, 1.165) is 41.3 Å². The van der Waals surface area contributed by atoms with Crippen molar-refractivity contribution >= 4 is 39.0 Å². The minimum absolute atomic E-state index is 0.136. The van der Waals surface area contributed by atoms with Crippen molar-refractivity contribution in [3.05, 3.63) is 65.4 Å². The van der Waals surface area contributed by atoms with Gasteiger partial charge in [0.2, 0.25) is 0 Å². The first-order valence-electron chi connectivity index (χ1n) is 15.2. The molecule has 10 heteroatoms. The molecule has 0 aliphatic carbocycles. The standard InChI is InChI=1S/C33H46N4O5S/c1-7-25-20-37-21-43(40,41)36(6)29-18-26(17-27(25)31(29)37)32(39)35-28(16-24-13-9-8-10-14-24)30(42-22-38)19-34-33(4,5)15-11-12-23(2)3/h8-10,13-14,17-18,20,22-23,28,30,34H,7,11-12,15-16,19,21H2,1-6H3,(H,35,39)/t28-,30+/m0/s1. The van der Waals surface area contributed by atoms with Crippen LogP contribution in [0.2, 0.25) is 0 Å². The van der Waals surface area contributed by atoms with Gasteiger partial charge in [-0.25, -0.2) is 8.42 Å². The Morgan fingerprint density at radius 3 is 2.53 bits per heavy atom. The first kappa shape index (κ1) is 32.5. The topological polar surface area (TPSA) is 110 Å². The van der Waals surface area contributed by atoms with Gasteiger partial charge < -0.3 is 19.9 Å². The first-order chi connectivity index (χ1) is 20.3. The lowest BCUT2D eigenvalue weighted by molar-refractivity contribution is -0.134. The fraction of sp³-hybridized carbons (Fsp3) is 0.515. The average molecular weight is 611 g/mol. The molecule has 0 saturated heterocycles. The smallest absolute Gasteiger partial charge is 0.293 e. The Kier molecular flexibility index (Phi) is 10.2. The molecular weight excluding hydrogens is 564 g/mol. The third-order valence-corrected chi connectivity index (χ3v) is 10.0. The Bertz CT molecular complexity index is 1530. The van der Waals surface area contributed by atoms with Gasteiger partial charge in [-0.15, -0.1) is 0 Å². The highest BCUT2D eigenvalue weighted by Crippen LogP contribution is 2.37. The number of rotatable bonds is 15. The molecule has 1 amide bonds. The predicted octanol–water partition coefficient (Wildman–Crippen LogP) is 5.02. The second-order valence-electron chi connectivity index (χ2n) is 12.7. The third kappa shape index (κ3) is 7.78. The van der Waals surface area contributed by atoms with E-state index in [2.05, 4.69) is 38.3 Å². The summed E-state index contributed by atoms with van der Waals surface area (Å²) in [6, 6.07) is 12.7. The molecular formula is C33H46N4O5S. The zero-order valence-electron chi connectivity index (χ0n) is 26.2. The van der Waals surface area contributed by atoms with Crippen molar-refractivity contribution in [1.29, 1.82) is 0 Å². The summed E-state index contributed by atoms with van der Waals surface area (Å²) in [6.07, 6.45) is 5.55. The Labute approximate surface area is 256 Å². The maximum Gasteiger partial charge on any atom is 0.293 e. The van der Waals surface area contributed by atoms with Crippen molar-refractivity contribution < 1.29 is 22.7 Å². The van der Waals surface area contributed by atoms with Crippen LogP contribution in [0.25, 0.3) is 10.9 Å². The van der Waals surface area contributed by atoms with Crippen LogP contribution in [0.4, 0.5) is 5.69 Å². The molecule has 0 bridgehead atoms. The minimum atomic E-state index is -3.58. The van der Waals surface area contributed by atoms with Crippen LogP contribution in [0.5, 0.6) is 0 Å². The average Bonchev–Trinajstić information content (AvgIpc) is 3.30. The molecule has 2 aromatic carbocycles. The van der Waals surface area contributed by atoms with Gasteiger partial charge in [-0.05, 0) is 62.3 Å². The number of hydrogen-bond donors (Lipinski definition) is 2. The van der Waals surface area contributed by atoms with Crippen molar-refractivity contribution in [2.75, 3.05) is 17.9 Å². The molecule has 234 valence electrons. The number of amides is 1. The summed E-state index contributed by atoms with van der Waals surface area (Å²) in [6.45, 7) is 11.5. The van der Waals surface area contributed by atoms with Gasteiger partial charge >= 0.3 is 0 Å². The van der Waals surface area contributed by atoms with Crippen LogP contribution < -0.4 is 14.9 Å². The molecule has 0 radical (unpaired) electrons. The maximum atomic E-state index is 13.9. The summed E-state index contributed by atoms with van der Waals surface area (Å²) in [5.74, 6) is 0.137. The Balaban J connectivity index is 1.64. The fourth-order valence-corrected chi connectivity index (χ4v) is 6.99. The number of hydrogen-bond acceptors (Lipinski definition) is 6. The van der Waals surface area contributed by atoms with E-state index in [-0.39, 0.29) is 17.3 Å². The number of sulfonamides is 1. The number of nitrogens with zero attached hydrogens (tertiary/aromatic N) is 2. The van der Waals surface area contributed by atoms with E-state index in [0.29, 0.717) is 43.0 Å². The second kappa shape index (κ2) is 13.5. The highest BCUT2D eigenvalue weighted by Gasteiger charge is 2.32. The molecule has 0 fully saturated rings. The molecule has 0 unspecified atom stereocenters. The fourth-order valence-electron chi connectivity index (χ4n) is 5.82.